The summed E-state index contributed by atoms with van der Waals surface area (Å²) in [5, 5.41) is 0. The maximum atomic E-state index is 11.2. The fraction of sp³-hybridized carbons (Fsp3) is 0.625. The number of hydrogen-bond acceptors (Lipinski definition) is 2. The Morgan fingerprint density at radius 3 is 2.00 bits per heavy atom. The molecule has 0 heterocycles. The molecule has 0 saturated heterocycles. The number of benzene rings is 1. The molecule has 1 N–H and O–H groups in total. The average molecular weight is 322 g/mol. The van der Waals surface area contributed by atoms with Crippen molar-refractivity contribution in [1.29, 1.82) is 0 Å². The Morgan fingerprint density at radius 1 is 0.905 bits per heavy atom. The first-order valence-electron chi connectivity index (χ1n) is 7.61. The van der Waals surface area contributed by atoms with Crippen LogP contribution < -0.4 is 0 Å². The van der Waals surface area contributed by atoms with Crippen molar-refractivity contribution < 1.29 is 13.0 Å². The molecule has 116 valence electrons. The van der Waals surface area contributed by atoms with Crippen molar-refractivity contribution >= 4 is 39.7 Å². The molecule has 5 heteroatoms. The zero-order valence-electron chi connectivity index (χ0n) is 12.3. The summed E-state index contributed by atoms with van der Waals surface area (Å²) in [6, 6.07) is 6.70. The number of rotatable bonds is 10. The maximum absolute atomic E-state index is 11.2. The Hall–Kier alpha value is 0.130. The van der Waals surface area contributed by atoms with Crippen LogP contribution in [0.1, 0.15) is 63.9 Å². The van der Waals surface area contributed by atoms with Crippen molar-refractivity contribution in [3.05, 3.63) is 29.8 Å². The molecule has 0 amide bonds. The van der Waals surface area contributed by atoms with Crippen molar-refractivity contribution in [2.75, 3.05) is 0 Å². The predicted octanol–water partition coefficient (Wildman–Crippen LogP) is 3.97. The number of hydrogen-bond donors (Lipinski definition) is 1. The van der Waals surface area contributed by atoms with Crippen LogP contribution in [0, 0.1) is 0 Å². The Morgan fingerprint density at radius 2 is 1.43 bits per heavy atom. The summed E-state index contributed by atoms with van der Waals surface area (Å²) in [5.74, 6) is 0. The van der Waals surface area contributed by atoms with Crippen molar-refractivity contribution in [3.63, 3.8) is 0 Å². The van der Waals surface area contributed by atoms with E-state index >= 15 is 0 Å². The summed E-state index contributed by atoms with van der Waals surface area (Å²) in [4.78, 5) is 0.0583. The van der Waals surface area contributed by atoms with Gasteiger partial charge < -0.3 is 0 Å². The van der Waals surface area contributed by atoms with Gasteiger partial charge in [-0.05, 0) is 24.5 Å². The van der Waals surface area contributed by atoms with Gasteiger partial charge in [0.2, 0.25) is 0 Å². The molecule has 1 aromatic rings. The predicted molar refractivity (Wildman–Crippen MR) is 89.7 cm³/mol. The van der Waals surface area contributed by atoms with E-state index in [0.717, 1.165) is 18.4 Å². The van der Waals surface area contributed by atoms with Gasteiger partial charge in [-0.3, -0.25) is 4.55 Å². The first kappa shape index (κ1) is 21.1. The number of aryl methyl sites for hydroxylation is 1. The molecule has 0 aliphatic rings. The molecular formula is C16H27NaO3S. The van der Waals surface area contributed by atoms with Crippen LogP contribution in [-0.2, 0) is 16.5 Å². The van der Waals surface area contributed by atoms with Gasteiger partial charge in [0.25, 0.3) is 10.1 Å². The topological polar surface area (TPSA) is 54.4 Å². The van der Waals surface area contributed by atoms with Gasteiger partial charge in [-0.25, -0.2) is 0 Å². The van der Waals surface area contributed by atoms with Crippen LogP contribution in [0.15, 0.2) is 29.2 Å². The summed E-state index contributed by atoms with van der Waals surface area (Å²) in [6.07, 6.45) is 10.5. The van der Waals surface area contributed by atoms with E-state index in [0.29, 0.717) is 6.42 Å². The first-order valence-corrected chi connectivity index (χ1v) is 9.05. The molecule has 0 aromatic heterocycles. The summed E-state index contributed by atoms with van der Waals surface area (Å²) < 4.78 is 31.7. The molecule has 0 unspecified atom stereocenters. The van der Waals surface area contributed by atoms with Gasteiger partial charge in [-0.1, -0.05) is 70.1 Å². The van der Waals surface area contributed by atoms with Crippen LogP contribution in [0.25, 0.3) is 0 Å². The molecule has 0 radical (unpaired) electrons. The minimum atomic E-state index is -4.09. The van der Waals surface area contributed by atoms with Crippen molar-refractivity contribution in [1.82, 2.24) is 0 Å². The van der Waals surface area contributed by atoms with Gasteiger partial charge in [0.1, 0.15) is 0 Å². The third-order valence-electron chi connectivity index (χ3n) is 3.55. The summed E-state index contributed by atoms with van der Waals surface area (Å²) >= 11 is 0. The van der Waals surface area contributed by atoms with E-state index in [1.54, 1.807) is 12.1 Å². The summed E-state index contributed by atoms with van der Waals surface area (Å²) in [7, 11) is -4.09. The molecule has 0 spiro atoms. The van der Waals surface area contributed by atoms with Gasteiger partial charge >= 0.3 is 29.6 Å². The van der Waals surface area contributed by atoms with Crippen LogP contribution in [-0.4, -0.2) is 42.5 Å². The van der Waals surface area contributed by atoms with Crippen LogP contribution in [0.5, 0.6) is 0 Å². The van der Waals surface area contributed by atoms with E-state index in [-0.39, 0.29) is 34.5 Å². The van der Waals surface area contributed by atoms with E-state index < -0.39 is 10.1 Å². The first-order chi connectivity index (χ1) is 9.55. The van der Waals surface area contributed by atoms with Gasteiger partial charge in [-0.15, -0.1) is 0 Å². The molecule has 0 aliphatic carbocycles. The fourth-order valence-electron chi connectivity index (χ4n) is 2.41. The van der Waals surface area contributed by atoms with Crippen molar-refractivity contribution in [2.45, 2.75) is 69.6 Å². The second-order valence-corrected chi connectivity index (χ2v) is 6.70. The monoisotopic (exact) mass is 322 g/mol. The molecular weight excluding hydrogens is 295 g/mol. The molecule has 0 atom stereocenters. The normalized spacial score (nSPS) is 11.1. The van der Waals surface area contributed by atoms with E-state index in [2.05, 4.69) is 6.92 Å². The summed E-state index contributed by atoms with van der Waals surface area (Å²) in [5.41, 5.74) is 0.723. The molecule has 21 heavy (non-hydrogen) atoms. The average Bonchev–Trinajstić information content (AvgIpc) is 2.41. The van der Waals surface area contributed by atoms with Gasteiger partial charge in [0, 0.05) is 0 Å². The van der Waals surface area contributed by atoms with Crippen LogP contribution >= 0.6 is 0 Å². The molecule has 0 fully saturated rings. The Kier molecular flexibility index (Phi) is 11.7. The third kappa shape index (κ3) is 8.99. The van der Waals surface area contributed by atoms with E-state index in [1.807, 2.05) is 6.07 Å². The second kappa shape index (κ2) is 11.7. The minimum absolute atomic E-state index is 0. The standard InChI is InChI=1S/C16H26O3S.Na.H/c1-2-3-4-5-6-7-8-9-12-15-13-10-11-14-16(15)20(17,18)19;;/h10-11,13-14H,2-9,12H2,1H3,(H,17,18,19);;. The molecule has 0 bridgehead atoms. The fourth-order valence-corrected chi connectivity index (χ4v) is 3.16. The van der Waals surface area contributed by atoms with Crippen LogP contribution in [0.2, 0.25) is 0 Å². The zero-order chi connectivity index (χ0) is 14.8. The van der Waals surface area contributed by atoms with E-state index in [4.69, 9.17) is 4.55 Å². The van der Waals surface area contributed by atoms with E-state index in [1.165, 1.54) is 44.6 Å². The quantitative estimate of drug-likeness (QED) is 0.403. The molecule has 1 rings (SSSR count). The zero-order valence-corrected chi connectivity index (χ0v) is 13.2. The molecule has 0 saturated carbocycles. The van der Waals surface area contributed by atoms with Crippen LogP contribution in [0.3, 0.4) is 0 Å². The second-order valence-electron chi connectivity index (χ2n) is 5.31. The van der Waals surface area contributed by atoms with Gasteiger partial charge in [-0.2, -0.15) is 8.42 Å². The number of unbranched alkanes of at least 4 members (excludes halogenated alkanes) is 7. The van der Waals surface area contributed by atoms with Crippen LogP contribution in [0.4, 0.5) is 0 Å². The van der Waals surface area contributed by atoms with Gasteiger partial charge in [0.05, 0.1) is 4.90 Å². The van der Waals surface area contributed by atoms with Crippen molar-refractivity contribution in [2.24, 2.45) is 0 Å². The van der Waals surface area contributed by atoms with E-state index in [9.17, 15) is 8.42 Å². The van der Waals surface area contributed by atoms with Gasteiger partial charge in [0.15, 0.2) is 0 Å². The molecule has 3 nitrogen and oxygen atoms in total. The van der Waals surface area contributed by atoms with Crippen molar-refractivity contribution in [3.8, 4) is 0 Å². The third-order valence-corrected chi connectivity index (χ3v) is 4.50. The Balaban J connectivity index is 0.00000400. The molecule has 1 aromatic carbocycles. The molecule has 0 aliphatic heterocycles. The SMILES string of the molecule is CCCCCCCCCCc1ccccc1S(=O)(=O)O.[NaH]. The Bertz CT molecular complexity index is 486. The summed E-state index contributed by atoms with van der Waals surface area (Å²) in [6.45, 7) is 2.21. The Labute approximate surface area is 151 Å².